The van der Waals surface area contributed by atoms with Gasteiger partial charge in [-0.05, 0) is 118 Å². The molecule has 6 nitrogen and oxygen atoms in total. The van der Waals surface area contributed by atoms with Crippen LogP contribution in [0.1, 0.15) is 287 Å². The lowest BCUT2D eigenvalue weighted by atomic mass is 9.77. The van der Waals surface area contributed by atoms with E-state index in [1.807, 2.05) is 13.8 Å². The summed E-state index contributed by atoms with van der Waals surface area (Å²) >= 11 is 0. The molecule has 0 saturated heterocycles. The number of Topliss-reactive ketones (excluding diaryl/α,β-unsaturated/α-hetero) is 6. The normalized spacial score (nSPS) is 11.8. The summed E-state index contributed by atoms with van der Waals surface area (Å²) in [4.78, 5) is 64.7. The Hall–Kier alpha value is -1.98. The average Bonchev–Trinajstić information content (AvgIpc) is 3.18. The largest absolute Gasteiger partial charge is 0.300 e. The topological polar surface area (TPSA) is 102 Å². The molecule has 0 aromatic heterocycles. The highest BCUT2D eigenvalue weighted by atomic mass is 16.1. The van der Waals surface area contributed by atoms with Gasteiger partial charge in [-0.1, -0.05) is 164 Å². The van der Waals surface area contributed by atoms with Crippen molar-refractivity contribution in [2.75, 3.05) is 0 Å². The number of rotatable bonds is 30. The Balaban J connectivity index is -0.000000158. The summed E-state index contributed by atoms with van der Waals surface area (Å²) in [6.07, 6.45) is 20.2. The summed E-state index contributed by atoms with van der Waals surface area (Å²) in [6.45, 7) is 46.3. The molecule has 0 bridgehead atoms. The van der Waals surface area contributed by atoms with Crippen LogP contribution < -0.4 is 0 Å². The van der Waals surface area contributed by atoms with E-state index in [4.69, 9.17) is 0 Å². The first-order valence-corrected chi connectivity index (χ1v) is 26.5. The molecule has 6 heteroatoms. The standard InChI is InChI=1S/C11H22O.2C10H20O.3C9H18O/c1-4-5-8-11(12)9-6-7-10(2)3;1-8(2)10(4,5)7-6-9(3)11;1-5-10(8(2)3)7-6-9(4)11;1-7(2)8(3)5-6-9(4)10;2*1-4-9(10)7-5-6-8(2)3/h10H,4-9H2,1-3H3;8H,6-7H2,1-5H3;8,10H,5-7H2,1-4H3;7-8H,5-6H2,1-4H3;2*8H,4-7H2,1-3H3. The van der Waals surface area contributed by atoms with Gasteiger partial charge in [0.1, 0.15) is 34.7 Å². The van der Waals surface area contributed by atoms with Crippen molar-refractivity contribution >= 4 is 34.7 Å². The van der Waals surface area contributed by atoms with E-state index in [2.05, 4.69) is 118 Å². The average molecular weight is 910 g/mol. The summed E-state index contributed by atoms with van der Waals surface area (Å²) in [5, 5.41) is 0. The van der Waals surface area contributed by atoms with Gasteiger partial charge in [0.15, 0.2) is 0 Å². The first-order valence-electron chi connectivity index (χ1n) is 26.5. The minimum atomic E-state index is 0.304. The van der Waals surface area contributed by atoms with Gasteiger partial charge < -0.3 is 14.4 Å². The van der Waals surface area contributed by atoms with Crippen molar-refractivity contribution in [3.05, 3.63) is 0 Å². The highest BCUT2D eigenvalue weighted by Crippen LogP contribution is 2.31. The lowest BCUT2D eigenvalue weighted by Gasteiger charge is -2.28. The molecule has 0 spiro atoms. The maximum absolute atomic E-state index is 11.2. The van der Waals surface area contributed by atoms with Gasteiger partial charge in [0.25, 0.3) is 0 Å². The fraction of sp³-hybridized carbons (Fsp3) is 0.897. The fourth-order valence-electron chi connectivity index (χ4n) is 5.92. The lowest BCUT2D eigenvalue weighted by Crippen LogP contribution is -2.19. The van der Waals surface area contributed by atoms with Crippen LogP contribution in [-0.4, -0.2) is 34.7 Å². The predicted molar refractivity (Wildman–Crippen MR) is 282 cm³/mol. The van der Waals surface area contributed by atoms with Crippen LogP contribution in [0.25, 0.3) is 0 Å². The number of hydrogen-bond acceptors (Lipinski definition) is 6. The number of ketones is 6. The van der Waals surface area contributed by atoms with Crippen LogP contribution in [0, 0.1) is 52.8 Å². The van der Waals surface area contributed by atoms with E-state index in [9.17, 15) is 28.8 Å². The van der Waals surface area contributed by atoms with Crippen LogP contribution in [0.3, 0.4) is 0 Å². The zero-order valence-corrected chi connectivity index (χ0v) is 47.4. The zero-order valence-electron chi connectivity index (χ0n) is 47.4. The van der Waals surface area contributed by atoms with Crippen LogP contribution in [0.5, 0.6) is 0 Å². The Morgan fingerprint density at radius 2 is 0.750 bits per heavy atom. The predicted octanol–water partition coefficient (Wildman–Crippen LogP) is 17.9. The molecule has 0 heterocycles. The molecule has 0 saturated carbocycles. The van der Waals surface area contributed by atoms with Crippen molar-refractivity contribution in [2.45, 2.75) is 287 Å². The smallest absolute Gasteiger partial charge is 0.132 e. The Morgan fingerprint density at radius 1 is 0.406 bits per heavy atom. The van der Waals surface area contributed by atoms with E-state index >= 15 is 0 Å². The van der Waals surface area contributed by atoms with E-state index in [1.165, 1.54) is 25.7 Å². The number of hydrogen-bond donors (Lipinski definition) is 0. The van der Waals surface area contributed by atoms with Gasteiger partial charge in [0, 0.05) is 57.8 Å². The van der Waals surface area contributed by atoms with E-state index in [1.54, 1.807) is 20.8 Å². The molecule has 64 heavy (non-hydrogen) atoms. The second kappa shape index (κ2) is 48.9. The van der Waals surface area contributed by atoms with Crippen molar-refractivity contribution in [3.63, 3.8) is 0 Å². The van der Waals surface area contributed by atoms with Gasteiger partial charge in [-0.3, -0.25) is 14.4 Å². The van der Waals surface area contributed by atoms with Crippen molar-refractivity contribution < 1.29 is 28.8 Å². The molecule has 0 rings (SSSR count). The molecule has 0 aliphatic carbocycles. The molecule has 0 aliphatic rings. The van der Waals surface area contributed by atoms with E-state index in [0.29, 0.717) is 70.7 Å². The molecule has 0 aromatic carbocycles. The fourth-order valence-corrected chi connectivity index (χ4v) is 5.92. The Morgan fingerprint density at radius 3 is 1.02 bits per heavy atom. The SMILES string of the molecule is CC(=O)CCC(C)(C)C(C)C.CC(=O)CCC(C)C(C)C.CCC(=O)CCCC(C)C.CCC(=O)CCCC(C)C.CCC(CCC(C)=O)C(C)C.CCCCC(=O)CCCC(C)C. The molecular formula is C58H116O6. The summed E-state index contributed by atoms with van der Waals surface area (Å²) in [5.74, 6) is 7.93. The van der Waals surface area contributed by atoms with Crippen molar-refractivity contribution in [1.82, 2.24) is 0 Å². The van der Waals surface area contributed by atoms with Crippen LogP contribution >= 0.6 is 0 Å². The summed E-state index contributed by atoms with van der Waals surface area (Å²) in [6, 6.07) is 0. The van der Waals surface area contributed by atoms with Crippen molar-refractivity contribution in [1.29, 1.82) is 0 Å². The minimum Gasteiger partial charge on any atom is -0.300 e. The molecule has 0 amide bonds. The maximum atomic E-state index is 11.2. The molecule has 2 atom stereocenters. The molecule has 2 unspecified atom stereocenters. The Labute approximate surface area is 402 Å². The summed E-state index contributed by atoms with van der Waals surface area (Å²) in [7, 11) is 0. The molecule has 0 N–H and O–H groups in total. The number of carbonyl (C=O) groups is 6. The van der Waals surface area contributed by atoms with Gasteiger partial charge in [0.05, 0.1) is 0 Å². The molecule has 0 aliphatic heterocycles. The minimum absolute atomic E-state index is 0.304. The lowest BCUT2D eigenvalue weighted by molar-refractivity contribution is -0.120. The first kappa shape index (κ1) is 73.6. The highest BCUT2D eigenvalue weighted by Gasteiger charge is 2.22. The summed E-state index contributed by atoms with van der Waals surface area (Å²) < 4.78 is 0. The van der Waals surface area contributed by atoms with Crippen molar-refractivity contribution in [2.24, 2.45) is 52.8 Å². The molecule has 0 fully saturated rings. The van der Waals surface area contributed by atoms with E-state index in [0.717, 1.165) is 126 Å². The quantitative estimate of drug-likeness (QED) is 0.0711. The third-order valence-corrected chi connectivity index (χ3v) is 12.4. The van der Waals surface area contributed by atoms with Crippen LogP contribution in [-0.2, 0) is 28.8 Å². The number of unbranched alkanes of at least 4 members (excludes halogenated alkanes) is 1. The van der Waals surface area contributed by atoms with E-state index in [-0.39, 0.29) is 0 Å². The summed E-state index contributed by atoms with van der Waals surface area (Å²) in [5.41, 5.74) is 0.311. The number of carbonyl (C=O) groups excluding carboxylic acids is 6. The van der Waals surface area contributed by atoms with Gasteiger partial charge >= 0.3 is 0 Å². The monoisotopic (exact) mass is 909 g/mol. The van der Waals surface area contributed by atoms with E-state index < -0.39 is 0 Å². The maximum Gasteiger partial charge on any atom is 0.132 e. The molecule has 0 aromatic rings. The third-order valence-electron chi connectivity index (χ3n) is 12.4. The van der Waals surface area contributed by atoms with Gasteiger partial charge in [-0.15, -0.1) is 0 Å². The van der Waals surface area contributed by atoms with Gasteiger partial charge in [-0.2, -0.15) is 0 Å². The molecule has 384 valence electrons. The molecular weight excluding hydrogens is 793 g/mol. The van der Waals surface area contributed by atoms with Crippen molar-refractivity contribution in [3.8, 4) is 0 Å². The zero-order chi connectivity index (χ0) is 51.4. The highest BCUT2D eigenvalue weighted by molar-refractivity contribution is 5.79. The van der Waals surface area contributed by atoms with Crippen LogP contribution in [0.15, 0.2) is 0 Å². The Kier molecular flexibility index (Phi) is 56.3. The Bertz CT molecular complexity index is 1080. The van der Waals surface area contributed by atoms with Gasteiger partial charge in [-0.25, -0.2) is 0 Å². The molecule has 0 radical (unpaired) electrons. The second-order valence-corrected chi connectivity index (χ2v) is 21.7. The first-order chi connectivity index (χ1) is 29.5. The third kappa shape index (κ3) is 66.6. The second-order valence-electron chi connectivity index (χ2n) is 21.7. The van der Waals surface area contributed by atoms with Gasteiger partial charge in [0.2, 0.25) is 0 Å². The van der Waals surface area contributed by atoms with Crippen LogP contribution in [0.2, 0.25) is 0 Å². The van der Waals surface area contributed by atoms with Crippen LogP contribution in [0.4, 0.5) is 0 Å².